The quantitative estimate of drug-likeness (QED) is 0.452. The van der Waals surface area contributed by atoms with Crippen molar-refractivity contribution in [1.29, 1.82) is 0 Å². The van der Waals surface area contributed by atoms with Gasteiger partial charge in [0.25, 0.3) is 10.0 Å². The van der Waals surface area contributed by atoms with E-state index in [1.165, 1.54) is 31.3 Å². The molecule has 0 aromatic heterocycles. The summed E-state index contributed by atoms with van der Waals surface area (Å²) >= 11 is 6.13. The summed E-state index contributed by atoms with van der Waals surface area (Å²) in [6.45, 7) is 5.39. The average Bonchev–Trinajstić information content (AvgIpc) is 3.70. The van der Waals surface area contributed by atoms with Gasteiger partial charge >= 0.3 is 12.1 Å². The van der Waals surface area contributed by atoms with Gasteiger partial charge in [-0.25, -0.2) is 13.2 Å². The number of amides is 2. The molecule has 3 aliphatic rings. The number of nitrogens with one attached hydrogen (secondary N) is 2. The van der Waals surface area contributed by atoms with Gasteiger partial charge in [-0.2, -0.15) is 13.2 Å². The number of carboxylic acids is 1. The first-order chi connectivity index (χ1) is 18.6. The molecule has 40 heavy (non-hydrogen) atoms. The number of carbonyl (C=O) groups excluding carboxylic acids is 2. The van der Waals surface area contributed by atoms with Crippen LogP contribution in [0.3, 0.4) is 0 Å². The number of sulfonamides is 1. The predicted octanol–water partition coefficient (Wildman–Crippen LogP) is 3.07. The summed E-state index contributed by atoms with van der Waals surface area (Å²) in [5.74, 6) is -3.60. The van der Waals surface area contributed by atoms with Gasteiger partial charge in [0.05, 0.1) is 11.3 Å². The Hall–Kier alpha value is -2.84. The second-order valence-electron chi connectivity index (χ2n) is 10.0. The monoisotopic (exact) mass is 608 g/mol. The van der Waals surface area contributed by atoms with E-state index < -0.39 is 34.1 Å². The number of aryl methyl sites for hydroxylation is 2. The summed E-state index contributed by atoms with van der Waals surface area (Å²) in [5, 5.41) is 13.2. The minimum absolute atomic E-state index is 0.0367. The fourth-order valence-electron chi connectivity index (χ4n) is 4.61. The fraction of sp³-hybridized carbons (Fsp3) is 0.560. The highest BCUT2D eigenvalue weighted by Gasteiger charge is 2.39. The highest BCUT2D eigenvalue weighted by atomic mass is 35.5. The number of hydrogen-bond acceptors (Lipinski definition) is 6. The Morgan fingerprint density at radius 3 is 2.38 bits per heavy atom. The minimum Gasteiger partial charge on any atom is -0.475 e. The Kier molecular flexibility index (Phi) is 10.1. The lowest BCUT2D eigenvalue weighted by Crippen LogP contribution is -2.51. The highest BCUT2D eigenvalue weighted by molar-refractivity contribution is 7.89. The average molecular weight is 609 g/mol. The van der Waals surface area contributed by atoms with Crippen molar-refractivity contribution < 1.29 is 41.1 Å². The molecule has 0 radical (unpaired) electrons. The van der Waals surface area contributed by atoms with Crippen LogP contribution in [0.4, 0.5) is 13.2 Å². The van der Waals surface area contributed by atoms with Crippen LogP contribution in [0.2, 0.25) is 5.02 Å². The number of likely N-dealkylation sites (tertiary alicyclic amines) is 1. The standard InChI is InChI=1S/C23H31ClN4O4S.C2HF3O2/c1-15-13-21(16(2)12-19(15)24)33(31,32)28-11-8-25-23(30)20(28)14-22(29)26-17-4-3-9-27(10-7-17)18-5-6-18;3-2(4,5)1(6)7/h8,11-13,17-18,20H,3-7,9-10,14H2,1-2H3,(H,25,30)(H,26,29);(H,6,7)/t17?,20-;/m1./s1. The van der Waals surface area contributed by atoms with Crippen LogP contribution in [0.1, 0.15) is 49.7 Å². The Morgan fingerprint density at radius 2 is 1.77 bits per heavy atom. The SMILES string of the molecule is Cc1cc(S(=O)(=O)N2C=CNC(=O)[C@H]2CC(=O)NC2CCCN(C3CC3)CC2)c(C)cc1Cl.O=C(O)C(F)(F)F. The minimum atomic E-state index is -5.08. The van der Waals surface area contributed by atoms with E-state index in [0.717, 1.165) is 36.7 Å². The maximum atomic E-state index is 13.5. The van der Waals surface area contributed by atoms with Crippen molar-refractivity contribution in [2.75, 3.05) is 13.1 Å². The topological polar surface area (TPSA) is 136 Å². The number of rotatable bonds is 6. The molecule has 2 atom stereocenters. The van der Waals surface area contributed by atoms with Crippen molar-refractivity contribution in [3.8, 4) is 0 Å². The van der Waals surface area contributed by atoms with Gasteiger partial charge in [-0.15, -0.1) is 0 Å². The molecule has 2 heterocycles. The fourth-order valence-corrected chi connectivity index (χ4v) is 6.58. The van der Waals surface area contributed by atoms with Crippen molar-refractivity contribution in [2.45, 2.75) is 81.6 Å². The molecule has 1 aromatic carbocycles. The molecule has 1 unspecified atom stereocenters. The molecule has 2 fully saturated rings. The molecule has 222 valence electrons. The van der Waals surface area contributed by atoms with Crippen LogP contribution in [-0.2, 0) is 24.4 Å². The van der Waals surface area contributed by atoms with E-state index in [2.05, 4.69) is 15.5 Å². The highest BCUT2D eigenvalue weighted by Crippen LogP contribution is 2.30. The van der Waals surface area contributed by atoms with Gasteiger partial charge in [-0.05, 0) is 75.8 Å². The number of benzene rings is 1. The van der Waals surface area contributed by atoms with E-state index in [1.54, 1.807) is 19.9 Å². The normalized spacial score (nSPS) is 22.1. The molecule has 1 aliphatic carbocycles. The van der Waals surface area contributed by atoms with E-state index in [-0.39, 0.29) is 23.3 Å². The molecular formula is C25H32ClF3N4O6S. The van der Waals surface area contributed by atoms with Gasteiger partial charge in [-0.1, -0.05) is 11.6 Å². The number of alkyl halides is 3. The molecule has 2 amide bonds. The van der Waals surface area contributed by atoms with Crippen LogP contribution < -0.4 is 10.6 Å². The first-order valence-electron chi connectivity index (χ1n) is 12.7. The van der Waals surface area contributed by atoms with Crippen LogP contribution in [0.5, 0.6) is 0 Å². The zero-order valence-corrected chi connectivity index (χ0v) is 23.6. The third-order valence-corrected chi connectivity index (χ3v) is 9.21. The smallest absolute Gasteiger partial charge is 0.475 e. The molecular weight excluding hydrogens is 577 g/mol. The first-order valence-corrected chi connectivity index (χ1v) is 14.5. The zero-order valence-electron chi connectivity index (χ0n) is 22.0. The number of hydrogen-bond donors (Lipinski definition) is 3. The zero-order chi connectivity index (χ0) is 29.8. The van der Waals surface area contributed by atoms with Crippen LogP contribution in [0.25, 0.3) is 0 Å². The van der Waals surface area contributed by atoms with Crippen molar-refractivity contribution in [3.05, 3.63) is 40.7 Å². The van der Waals surface area contributed by atoms with Crippen LogP contribution >= 0.6 is 11.6 Å². The number of nitrogens with zero attached hydrogens (tertiary/aromatic N) is 2. The van der Waals surface area contributed by atoms with E-state index in [4.69, 9.17) is 21.5 Å². The lowest BCUT2D eigenvalue weighted by atomic mass is 10.1. The molecule has 3 N–H and O–H groups in total. The molecule has 10 nitrogen and oxygen atoms in total. The maximum Gasteiger partial charge on any atom is 0.490 e. The van der Waals surface area contributed by atoms with Gasteiger partial charge < -0.3 is 20.6 Å². The van der Waals surface area contributed by atoms with E-state index in [1.807, 2.05) is 0 Å². The summed E-state index contributed by atoms with van der Waals surface area (Å²) in [5.41, 5.74) is 1.10. The summed E-state index contributed by atoms with van der Waals surface area (Å²) in [7, 11) is -4.07. The predicted molar refractivity (Wildman–Crippen MR) is 140 cm³/mol. The molecule has 1 saturated carbocycles. The van der Waals surface area contributed by atoms with Crippen molar-refractivity contribution in [2.24, 2.45) is 0 Å². The van der Waals surface area contributed by atoms with Crippen molar-refractivity contribution >= 4 is 39.4 Å². The van der Waals surface area contributed by atoms with Gasteiger partial charge in [-0.3, -0.25) is 13.9 Å². The second kappa shape index (κ2) is 12.8. The summed E-state index contributed by atoms with van der Waals surface area (Å²) in [6.07, 6.45) is 2.55. The third-order valence-electron chi connectivity index (χ3n) is 6.88. The van der Waals surface area contributed by atoms with Gasteiger partial charge in [0.2, 0.25) is 11.8 Å². The Labute approximate surface area is 235 Å². The van der Waals surface area contributed by atoms with E-state index in [9.17, 15) is 31.2 Å². The van der Waals surface area contributed by atoms with Crippen molar-refractivity contribution in [1.82, 2.24) is 19.8 Å². The Bertz CT molecular complexity index is 1270. The van der Waals surface area contributed by atoms with E-state index >= 15 is 0 Å². The molecule has 4 rings (SSSR count). The number of aliphatic carboxylic acids is 1. The molecule has 0 spiro atoms. The van der Waals surface area contributed by atoms with Crippen molar-refractivity contribution in [3.63, 3.8) is 0 Å². The van der Waals surface area contributed by atoms with E-state index in [0.29, 0.717) is 22.2 Å². The largest absolute Gasteiger partial charge is 0.490 e. The van der Waals surface area contributed by atoms with Gasteiger partial charge in [0.1, 0.15) is 6.04 Å². The Balaban J connectivity index is 0.000000559. The summed E-state index contributed by atoms with van der Waals surface area (Å²) < 4.78 is 59.7. The third kappa shape index (κ3) is 8.10. The number of carboxylic acid groups (broad SMARTS) is 1. The maximum absolute atomic E-state index is 13.5. The van der Waals surface area contributed by atoms with Crippen LogP contribution in [0, 0.1) is 13.8 Å². The lowest BCUT2D eigenvalue weighted by Gasteiger charge is -2.32. The molecule has 2 aliphatic heterocycles. The molecule has 0 bridgehead atoms. The molecule has 1 saturated heterocycles. The van der Waals surface area contributed by atoms with Crippen LogP contribution in [-0.4, -0.2) is 77.9 Å². The first kappa shape index (κ1) is 31.7. The molecule has 1 aromatic rings. The van der Waals surface area contributed by atoms with Gasteiger partial charge in [0.15, 0.2) is 0 Å². The Morgan fingerprint density at radius 1 is 1.12 bits per heavy atom. The van der Waals surface area contributed by atoms with Crippen LogP contribution in [0.15, 0.2) is 29.4 Å². The number of carbonyl (C=O) groups is 3. The summed E-state index contributed by atoms with van der Waals surface area (Å²) in [6, 6.07) is 2.67. The summed E-state index contributed by atoms with van der Waals surface area (Å²) in [4.78, 5) is 37.0. The van der Waals surface area contributed by atoms with Gasteiger partial charge in [0, 0.05) is 36.1 Å². The number of halogens is 4. The lowest BCUT2D eigenvalue weighted by molar-refractivity contribution is -0.192. The molecule has 15 heteroatoms. The second-order valence-corrected chi connectivity index (χ2v) is 12.2.